The van der Waals surface area contributed by atoms with E-state index in [1.807, 2.05) is 0 Å². The third-order valence-electron chi connectivity index (χ3n) is 14.0. The molecule has 1 aliphatic carbocycles. The highest BCUT2D eigenvalue weighted by Gasteiger charge is 2.46. The van der Waals surface area contributed by atoms with Crippen molar-refractivity contribution in [2.75, 3.05) is 4.90 Å². The van der Waals surface area contributed by atoms with Crippen LogP contribution in [-0.2, 0) is 11.8 Å². The number of fused-ring (bicyclic) bond motifs is 3. The second-order valence-electron chi connectivity index (χ2n) is 18.2. The molecule has 2 unspecified atom stereocenters. The van der Waals surface area contributed by atoms with Crippen molar-refractivity contribution >= 4 is 17.1 Å². The maximum Gasteiger partial charge on any atom is 0.127 e. The molecule has 9 aromatic carbocycles. The van der Waals surface area contributed by atoms with Gasteiger partial charge in [-0.3, -0.25) is 0 Å². The fourth-order valence-corrected chi connectivity index (χ4v) is 10.2. The van der Waals surface area contributed by atoms with E-state index in [0.29, 0.717) is 5.92 Å². The van der Waals surface area contributed by atoms with Crippen LogP contribution in [0.4, 0.5) is 17.1 Å². The summed E-state index contributed by atoms with van der Waals surface area (Å²) in [4.78, 5) is 2.42. The van der Waals surface area contributed by atoms with Gasteiger partial charge in [-0.1, -0.05) is 204 Å². The molecule has 67 heavy (non-hydrogen) atoms. The van der Waals surface area contributed by atoms with Crippen molar-refractivity contribution in [3.05, 3.63) is 258 Å². The average molecular weight is 870 g/mol. The summed E-state index contributed by atoms with van der Waals surface area (Å²) < 4.78 is 6.53. The maximum atomic E-state index is 6.53. The zero-order valence-corrected chi connectivity index (χ0v) is 39.0. The van der Waals surface area contributed by atoms with Crippen molar-refractivity contribution in [3.8, 4) is 44.9 Å². The van der Waals surface area contributed by atoms with Crippen LogP contribution in [0, 0.1) is 0 Å². The van der Waals surface area contributed by atoms with Crippen LogP contribution >= 0.6 is 0 Å². The first-order chi connectivity index (χ1) is 33.0. The van der Waals surface area contributed by atoms with Crippen molar-refractivity contribution in [1.29, 1.82) is 0 Å². The van der Waals surface area contributed by atoms with Crippen LogP contribution in [-0.4, -0.2) is 0 Å². The predicted octanol–water partition coefficient (Wildman–Crippen LogP) is 18.3. The zero-order chi connectivity index (χ0) is 45.6. The van der Waals surface area contributed by atoms with E-state index in [0.717, 1.165) is 41.4 Å². The van der Waals surface area contributed by atoms with E-state index in [4.69, 9.17) is 4.74 Å². The van der Waals surface area contributed by atoms with Crippen molar-refractivity contribution < 1.29 is 4.74 Å². The van der Waals surface area contributed by atoms with Crippen molar-refractivity contribution in [1.82, 2.24) is 0 Å². The van der Waals surface area contributed by atoms with Crippen LogP contribution in [0.15, 0.2) is 224 Å². The summed E-state index contributed by atoms with van der Waals surface area (Å²) in [6.45, 7) is 6.79. The minimum atomic E-state index is -0.598. The molecule has 0 radical (unpaired) electrons. The lowest BCUT2D eigenvalue weighted by Crippen LogP contribution is -2.29. The van der Waals surface area contributed by atoms with Crippen molar-refractivity contribution in [2.24, 2.45) is 0 Å². The molecule has 2 atom stereocenters. The summed E-state index contributed by atoms with van der Waals surface area (Å²) in [5.74, 6) is 2.19. The van der Waals surface area contributed by atoms with E-state index in [2.05, 4.69) is 250 Å². The van der Waals surface area contributed by atoms with Gasteiger partial charge in [0.25, 0.3) is 0 Å². The van der Waals surface area contributed by atoms with Gasteiger partial charge in [-0.2, -0.15) is 0 Å². The smallest absolute Gasteiger partial charge is 0.127 e. The number of benzene rings is 9. The normalized spacial score (nSPS) is 14.3. The van der Waals surface area contributed by atoms with Gasteiger partial charge in [0.15, 0.2) is 0 Å². The van der Waals surface area contributed by atoms with E-state index in [-0.39, 0.29) is 0 Å². The molecule has 0 aliphatic heterocycles. The van der Waals surface area contributed by atoms with Crippen molar-refractivity contribution in [3.63, 3.8) is 0 Å². The highest BCUT2D eigenvalue weighted by Crippen LogP contribution is 2.57. The summed E-state index contributed by atoms with van der Waals surface area (Å²) in [6, 6.07) is 82.5. The summed E-state index contributed by atoms with van der Waals surface area (Å²) in [5.41, 5.74) is 17.8. The Hall–Kier alpha value is -7.42. The molecule has 2 heteroatoms. The Labute approximate surface area is 398 Å². The van der Waals surface area contributed by atoms with Gasteiger partial charge in [0.1, 0.15) is 11.5 Å². The van der Waals surface area contributed by atoms with Crippen LogP contribution in [0.2, 0.25) is 0 Å². The van der Waals surface area contributed by atoms with Gasteiger partial charge >= 0.3 is 0 Å². The zero-order valence-electron chi connectivity index (χ0n) is 39.0. The van der Waals surface area contributed by atoms with E-state index in [9.17, 15) is 0 Å². The lowest BCUT2D eigenvalue weighted by molar-refractivity contribution is 0.481. The number of hydrogen-bond donors (Lipinski definition) is 0. The van der Waals surface area contributed by atoms with Gasteiger partial charge in [0.2, 0.25) is 0 Å². The van der Waals surface area contributed by atoms with Crippen LogP contribution in [0.3, 0.4) is 0 Å². The molecule has 9 aromatic rings. The molecule has 0 saturated heterocycles. The lowest BCUT2D eigenvalue weighted by Gasteiger charge is -2.35. The minimum Gasteiger partial charge on any atom is -0.457 e. The molecule has 0 heterocycles. The number of hydrogen-bond acceptors (Lipinski definition) is 2. The standard InChI is InChI=1S/C65H59NO/c1-4-6-7-10-17-48-24-32-54(33-25-48)65(55-34-43-60(44-35-55)67-59-41-30-49(31-42-59)47(3)5-2)63-23-16-15-22-61(63)62-45-40-58(46-64(62)65)66(56-36-26-52(27-37-56)50-18-11-8-12-19-50)57-38-28-53(29-39-57)51-20-13-9-14-21-51/h8-9,11-16,18-47H,4-7,10,17H2,1-3H3. The highest BCUT2D eigenvalue weighted by atomic mass is 16.5. The maximum absolute atomic E-state index is 6.53. The number of rotatable bonds is 16. The molecule has 0 aromatic heterocycles. The number of nitrogens with zero attached hydrogens (tertiary/aromatic N) is 1. The lowest BCUT2D eigenvalue weighted by atomic mass is 9.67. The van der Waals surface area contributed by atoms with Crippen LogP contribution in [0.5, 0.6) is 11.5 Å². The Morgan fingerprint density at radius 3 is 1.49 bits per heavy atom. The van der Waals surface area contributed by atoms with Gasteiger partial charge in [-0.25, -0.2) is 0 Å². The first-order valence-corrected chi connectivity index (χ1v) is 24.4. The minimum absolute atomic E-state index is 0.518. The first-order valence-electron chi connectivity index (χ1n) is 24.4. The van der Waals surface area contributed by atoms with Gasteiger partial charge in [0.05, 0.1) is 5.41 Å². The molecule has 0 fully saturated rings. The van der Waals surface area contributed by atoms with Crippen LogP contribution in [0.25, 0.3) is 33.4 Å². The van der Waals surface area contributed by atoms with Gasteiger partial charge in [-0.05, 0) is 153 Å². The highest BCUT2D eigenvalue weighted by molar-refractivity contribution is 5.90. The van der Waals surface area contributed by atoms with E-state index >= 15 is 0 Å². The molecule has 330 valence electrons. The van der Waals surface area contributed by atoms with E-state index in [1.165, 1.54) is 92.4 Å². The largest absolute Gasteiger partial charge is 0.457 e. The molecule has 0 N–H and O–H groups in total. The number of unbranched alkanes of at least 4 members (excludes halogenated alkanes) is 3. The van der Waals surface area contributed by atoms with Crippen LogP contribution in [0.1, 0.15) is 92.2 Å². The van der Waals surface area contributed by atoms with Gasteiger partial charge < -0.3 is 9.64 Å². The molecule has 0 amide bonds. The van der Waals surface area contributed by atoms with Crippen molar-refractivity contribution in [2.45, 2.75) is 70.6 Å². The monoisotopic (exact) mass is 869 g/mol. The number of aryl methyl sites for hydroxylation is 1. The molecule has 0 bridgehead atoms. The third-order valence-corrected chi connectivity index (χ3v) is 14.0. The third kappa shape index (κ3) is 8.73. The molecule has 1 aliphatic rings. The summed E-state index contributed by atoms with van der Waals surface area (Å²) >= 11 is 0. The molecule has 0 saturated carbocycles. The molecule has 2 nitrogen and oxygen atoms in total. The molecule has 0 spiro atoms. The fraction of sp³-hybridized carbons (Fsp3) is 0.169. The topological polar surface area (TPSA) is 12.5 Å². The molecule has 10 rings (SSSR count). The Kier molecular flexibility index (Phi) is 12.7. The second kappa shape index (κ2) is 19.6. The fourth-order valence-electron chi connectivity index (χ4n) is 10.2. The van der Waals surface area contributed by atoms with Gasteiger partial charge in [-0.15, -0.1) is 0 Å². The molecular weight excluding hydrogens is 811 g/mol. The van der Waals surface area contributed by atoms with E-state index < -0.39 is 5.41 Å². The number of anilines is 3. The summed E-state index contributed by atoms with van der Waals surface area (Å²) in [6.07, 6.45) is 7.21. The summed E-state index contributed by atoms with van der Waals surface area (Å²) in [7, 11) is 0. The Bertz CT molecular complexity index is 2950. The molecular formula is C65H59NO. The number of ether oxygens (including phenoxy) is 1. The second-order valence-corrected chi connectivity index (χ2v) is 18.2. The first kappa shape index (κ1) is 43.5. The predicted molar refractivity (Wildman–Crippen MR) is 282 cm³/mol. The average Bonchev–Trinajstić information content (AvgIpc) is 3.69. The SMILES string of the molecule is CCCCCCc1ccc(C2(c3ccc(Oc4ccc(C(C)CC)cc4)cc3)c3ccccc3-c3ccc(N(c4ccc(-c5ccccc5)cc4)c4ccc(-c5ccccc5)cc4)cc32)cc1. The Morgan fingerprint density at radius 2 is 0.925 bits per heavy atom. The Balaban J connectivity index is 1.12. The summed E-state index contributed by atoms with van der Waals surface area (Å²) in [5, 5.41) is 0. The quantitative estimate of drug-likeness (QED) is 0.0897. The van der Waals surface area contributed by atoms with Crippen LogP contribution < -0.4 is 9.64 Å². The van der Waals surface area contributed by atoms with E-state index in [1.54, 1.807) is 0 Å². The Morgan fingerprint density at radius 1 is 0.433 bits per heavy atom. The van der Waals surface area contributed by atoms with Gasteiger partial charge in [0, 0.05) is 17.1 Å².